The molecule has 166 valence electrons. The largest absolute Gasteiger partial charge is 0.463 e. The summed E-state index contributed by atoms with van der Waals surface area (Å²) < 4.78 is 10.2. The molecule has 5 atom stereocenters. The lowest BCUT2D eigenvalue weighted by atomic mass is 9.79. The molecule has 3 aliphatic heterocycles. The highest BCUT2D eigenvalue weighted by molar-refractivity contribution is 8.03. The van der Waals surface area contributed by atoms with Crippen molar-refractivity contribution in [2.45, 2.75) is 51.5 Å². The number of carbonyl (C=O) groups is 3. The predicted octanol–water partition coefficient (Wildman–Crippen LogP) is 1.22. The number of fused-ring (bicyclic) bond motifs is 1. The molecule has 3 aliphatic rings. The second kappa shape index (κ2) is 9.23. The molecule has 2 saturated heterocycles. The van der Waals surface area contributed by atoms with Crippen LogP contribution >= 0.6 is 24.0 Å². The van der Waals surface area contributed by atoms with E-state index in [-0.39, 0.29) is 41.3 Å². The molecule has 3 rings (SSSR count). The van der Waals surface area contributed by atoms with E-state index < -0.39 is 30.6 Å². The Hall–Kier alpha value is -1.65. The van der Waals surface area contributed by atoms with Crippen molar-refractivity contribution in [3.8, 4) is 0 Å². The summed E-state index contributed by atoms with van der Waals surface area (Å²) in [5, 5.41) is 13.3. The molecule has 0 bridgehead atoms. The Morgan fingerprint density at radius 3 is 2.60 bits per heavy atom. The van der Waals surface area contributed by atoms with Gasteiger partial charge in [-0.1, -0.05) is 33.0 Å². The first-order chi connectivity index (χ1) is 14.1. The van der Waals surface area contributed by atoms with Crippen LogP contribution < -0.4 is 5.32 Å². The van der Waals surface area contributed by atoms with Crippen LogP contribution in [-0.2, 0) is 23.9 Å². The zero-order valence-corrected chi connectivity index (χ0v) is 19.2. The molecule has 2 N–H and O–H groups in total. The van der Waals surface area contributed by atoms with E-state index in [1.54, 1.807) is 6.92 Å². The molecule has 8 nitrogen and oxygen atoms in total. The maximum atomic E-state index is 12.9. The van der Waals surface area contributed by atoms with Crippen LogP contribution in [0.3, 0.4) is 0 Å². The number of aliphatic hydroxyl groups is 1. The first-order valence-electron chi connectivity index (χ1n) is 10.1. The maximum Gasteiger partial charge on any atom is 0.356 e. The Kier molecular flexibility index (Phi) is 7.09. The van der Waals surface area contributed by atoms with Gasteiger partial charge in [-0.15, -0.1) is 11.8 Å². The van der Waals surface area contributed by atoms with Crippen molar-refractivity contribution < 1.29 is 29.0 Å². The Morgan fingerprint density at radius 2 is 2.03 bits per heavy atom. The zero-order valence-electron chi connectivity index (χ0n) is 17.5. The molecule has 0 aromatic rings. The van der Waals surface area contributed by atoms with Crippen molar-refractivity contribution in [2.24, 2.45) is 17.8 Å². The third-order valence-electron chi connectivity index (χ3n) is 5.43. The Bertz CT molecular complexity index is 781. The molecule has 0 aromatic carbocycles. The SMILES string of the molecule is CC(C)COC(=O)COC(=O)C1=C(S[C@H]2CNC(=S)C2)[C@H](C)[C@@H]2[C@@H]([C@@H](C)O)C(=O)N12. The maximum absolute atomic E-state index is 12.9. The highest BCUT2D eigenvalue weighted by Crippen LogP contribution is 2.51. The third-order valence-corrected chi connectivity index (χ3v) is 7.23. The van der Waals surface area contributed by atoms with Crippen molar-refractivity contribution in [2.75, 3.05) is 19.8 Å². The van der Waals surface area contributed by atoms with Gasteiger partial charge in [-0.05, 0) is 12.8 Å². The lowest BCUT2D eigenvalue weighted by Gasteiger charge is -2.46. The van der Waals surface area contributed by atoms with Crippen LogP contribution in [0.1, 0.15) is 34.1 Å². The number of nitrogens with zero attached hydrogens (tertiary/aromatic N) is 1. The van der Waals surface area contributed by atoms with Crippen molar-refractivity contribution in [1.82, 2.24) is 10.2 Å². The number of carbonyl (C=O) groups excluding carboxylic acids is 3. The molecule has 0 radical (unpaired) electrons. The van der Waals surface area contributed by atoms with E-state index in [4.69, 9.17) is 21.7 Å². The highest BCUT2D eigenvalue weighted by atomic mass is 32.2. The van der Waals surface area contributed by atoms with Crippen molar-refractivity contribution in [1.29, 1.82) is 0 Å². The molecule has 0 spiro atoms. The number of esters is 2. The van der Waals surface area contributed by atoms with E-state index in [9.17, 15) is 19.5 Å². The van der Waals surface area contributed by atoms with Crippen molar-refractivity contribution >= 4 is 46.8 Å². The fraction of sp³-hybridized carbons (Fsp3) is 0.700. The van der Waals surface area contributed by atoms with Gasteiger partial charge in [0.25, 0.3) is 0 Å². The van der Waals surface area contributed by atoms with Crippen LogP contribution in [0.4, 0.5) is 0 Å². The van der Waals surface area contributed by atoms with Crippen molar-refractivity contribution in [3.05, 3.63) is 10.6 Å². The number of ether oxygens (including phenoxy) is 2. The van der Waals surface area contributed by atoms with E-state index >= 15 is 0 Å². The fourth-order valence-electron chi connectivity index (χ4n) is 4.00. The van der Waals surface area contributed by atoms with Crippen molar-refractivity contribution in [3.63, 3.8) is 0 Å². The number of amides is 1. The van der Waals surface area contributed by atoms with Gasteiger partial charge in [0.2, 0.25) is 5.91 Å². The number of hydrogen-bond acceptors (Lipinski definition) is 8. The van der Waals surface area contributed by atoms with E-state index in [1.165, 1.54) is 16.7 Å². The lowest BCUT2D eigenvalue weighted by Crippen LogP contribution is -2.63. The standard InChI is InChI=1S/C20H28N2O6S2/c1-9(2)7-27-14(24)8-28-20(26)17-18(30-12-5-13(29)21-6-12)10(3)16-15(11(4)23)19(25)22(16)17/h9-12,15-16,23H,5-8H2,1-4H3,(H,21,29)/t10-,11-,12-,15-,16-/m1/s1. The fourth-order valence-corrected chi connectivity index (χ4v) is 5.82. The first-order valence-corrected chi connectivity index (χ1v) is 11.4. The van der Waals surface area contributed by atoms with Gasteiger partial charge in [-0.3, -0.25) is 4.79 Å². The third kappa shape index (κ3) is 4.50. The highest BCUT2D eigenvalue weighted by Gasteiger charge is 2.60. The molecule has 30 heavy (non-hydrogen) atoms. The summed E-state index contributed by atoms with van der Waals surface area (Å²) in [5.74, 6) is -2.16. The molecule has 10 heteroatoms. The minimum atomic E-state index is -0.811. The first kappa shape index (κ1) is 23.0. The number of nitrogens with one attached hydrogen (secondary N) is 1. The number of hydrogen-bond donors (Lipinski definition) is 2. The average Bonchev–Trinajstić information content (AvgIpc) is 3.18. The van der Waals surface area contributed by atoms with Crippen LogP contribution in [0.25, 0.3) is 0 Å². The molecule has 0 aromatic heterocycles. The van der Waals surface area contributed by atoms with Crippen LogP contribution in [0.5, 0.6) is 0 Å². The van der Waals surface area contributed by atoms with Gasteiger partial charge in [0, 0.05) is 29.0 Å². The van der Waals surface area contributed by atoms with E-state index in [0.29, 0.717) is 13.0 Å². The summed E-state index contributed by atoms with van der Waals surface area (Å²) in [6.45, 7) is 7.76. The number of thioether (sulfide) groups is 1. The van der Waals surface area contributed by atoms with Crippen LogP contribution in [0.15, 0.2) is 10.6 Å². The number of β-lactam (4-membered cyclic amide) rings is 1. The Balaban J connectivity index is 1.77. The smallest absolute Gasteiger partial charge is 0.356 e. The summed E-state index contributed by atoms with van der Waals surface area (Å²) in [4.78, 5) is 40.4. The summed E-state index contributed by atoms with van der Waals surface area (Å²) in [5.41, 5.74) is 0.175. The number of aliphatic hydroxyl groups excluding tert-OH is 1. The van der Waals surface area contributed by atoms with E-state index in [1.807, 2.05) is 20.8 Å². The predicted molar refractivity (Wildman–Crippen MR) is 115 cm³/mol. The molecule has 2 fully saturated rings. The summed E-state index contributed by atoms with van der Waals surface area (Å²) in [6.07, 6.45) is -0.118. The summed E-state index contributed by atoms with van der Waals surface area (Å²) in [7, 11) is 0. The van der Waals surface area contributed by atoms with E-state index in [2.05, 4.69) is 5.32 Å². The molecule has 0 aliphatic carbocycles. The van der Waals surface area contributed by atoms with Crippen LogP contribution in [0.2, 0.25) is 0 Å². The number of rotatable bonds is 8. The van der Waals surface area contributed by atoms with Crippen LogP contribution in [0, 0.1) is 17.8 Å². The topological polar surface area (TPSA) is 105 Å². The van der Waals surface area contributed by atoms with Gasteiger partial charge in [-0.2, -0.15) is 0 Å². The Morgan fingerprint density at radius 1 is 1.33 bits per heavy atom. The van der Waals surface area contributed by atoms with Gasteiger partial charge in [0.1, 0.15) is 5.70 Å². The monoisotopic (exact) mass is 456 g/mol. The van der Waals surface area contributed by atoms with Gasteiger partial charge in [-0.25, -0.2) is 9.59 Å². The van der Waals surface area contributed by atoms with Gasteiger partial charge in [0.15, 0.2) is 6.61 Å². The molecular formula is C20H28N2O6S2. The number of thiocarbonyl (C=S) groups is 1. The Labute approximate surface area is 185 Å². The molecule has 3 heterocycles. The van der Waals surface area contributed by atoms with Crippen LogP contribution in [-0.4, -0.2) is 70.0 Å². The normalized spacial score (nSPS) is 28.9. The minimum Gasteiger partial charge on any atom is -0.463 e. The zero-order chi connectivity index (χ0) is 22.2. The van der Waals surface area contributed by atoms with E-state index in [0.717, 1.165) is 9.89 Å². The van der Waals surface area contributed by atoms with Gasteiger partial charge < -0.3 is 24.8 Å². The second-order valence-electron chi connectivity index (χ2n) is 8.37. The quantitative estimate of drug-likeness (QED) is 0.317. The summed E-state index contributed by atoms with van der Waals surface area (Å²) >= 11 is 6.72. The molecule has 0 unspecified atom stereocenters. The molecular weight excluding hydrogens is 428 g/mol. The summed E-state index contributed by atoms with van der Waals surface area (Å²) in [6, 6.07) is -0.295. The van der Waals surface area contributed by atoms with Gasteiger partial charge >= 0.3 is 11.9 Å². The molecule has 1 amide bonds. The lowest BCUT2D eigenvalue weighted by molar-refractivity contribution is -0.166. The minimum absolute atomic E-state index is 0.128. The second-order valence-corrected chi connectivity index (χ2v) is 10.2. The molecule has 0 saturated carbocycles. The van der Waals surface area contributed by atoms with Gasteiger partial charge in [0.05, 0.1) is 29.7 Å². The average molecular weight is 457 g/mol.